The van der Waals surface area contributed by atoms with Crippen LogP contribution in [0.5, 0.6) is 0 Å². The minimum atomic E-state index is -0.141. The third kappa shape index (κ3) is 2.48. The van der Waals surface area contributed by atoms with Crippen molar-refractivity contribution >= 4 is 5.91 Å². The summed E-state index contributed by atoms with van der Waals surface area (Å²) < 4.78 is 1.82. The Bertz CT molecular complexity index is 402. The highest BCUT2D eigenvalue weighted by atomic mass is 16.3. The largest absolute Gasteiger partial charge is 0.394 e. The van der Waals surface area contributed by atoms with Gasteiger partial charge in [0.1, 0.15) is 0 Å². The predicted molar refractivity (Wildman–Crippen MR) is 62.2 cm³/mol. The summed E-state index contributed by atoms with van der Waals surface area (Å²) >= 11 is 0. The molecule has 1 aromatic heterocycles. The fraction of sp³-hybridized carbons (Fsp3) is 0.636. The number of rotatable bonds is 4. The monoisotopic (exact) mass is 238 g/mol. The van der Waals surface area contributed by atoms with E-state index >= 15 is 0 Å². The van der Waals surface area contributed by atoms with Gasteiger partial charge in [0.05, 0.1) is 31.9 Å². The molecular weight excluding hydrogens is 220 g/mol. The molecule has 1 aliphatic carbocycles. The molecule has 0 radical (unpaired) electrons. The van der Waals surface area contributed by atoms with E-state index in [1.54, 1.807) is 6.20 Å². The van der Waals surface area contributed by atoms with Crippen molar-refractivity contribution in [3.8, 4) is 0 Å². The SMILES string of the molecule is NCC(=O)NC1CCCc2c1cnn2CCO. The van der Waals surface area contributed by atoms with Crippen molar-refractivity contribution in [2.75, 3.05) is 13.2 Å². The molecule has 6 nitrogen and oxygen atoms in total. The van der Waals surface area contributed by atoms with Gasteiger partial charge < -0.3 is 16.2 Å². The predicted octanol–water partition coefficient (Wildman–Crippen LogP) is -0.672. The van der Waals surface area contributed by atoms with Crippen LogP contribution in [0.3, 0.4) is 0 Å². The van der Waals surface area contributed by atoms with Gasteiger partial charge in [-0.2, -0.15) is 5.10 Å². The van der Waals surface area contributed by atoms with Gasteiger partial charge in [-0.15, -0.1) is 0 Å². The summed E-state index contributed by atoms with van der Waals surface area (Å²) in [6.07, 6.45) is 4.67. The molecule has 1 atom stereocenters. The molecule has 0 saturated heterocycles. The van der Waals surface area contributed by atoms with Crippen LogP contribution in [0.4, 0.5) is 0 Å². The smallest absolute Gasteiger partial charge is 0.234 e. The summed E-state index contributed by atoms with van der Waals surface area (Å²) in [5, 5.41) is 16.1. The zero-order valence-electron chi connectivity index (χ0n) is 9.72. The number of fused-ring (bicyclic) bond motifs is 1. The van der Waals surface area contributed by atoms with Crippen LogP contribution in [-0.2, 0) is 17.8 Å². The van der Waals surface area contributed by atoms with Crippen molar-refractivity contribution in [2.24, 2.45) is 5.73 Å². The highest BCUT2D eigenvalue weighted by molar-refractivity contribution is 5.78. The first-order chi connectivity index (χ1) is 8.26. The number of nitrogens with zero attached hydrogens (tertiary/aromatic N) is 2. The average molecular weight is 238 g/mol. The Hall–Kier alpha value is -1.40. The maximum absolute atomic E-state index is 11.3. The van der Waals surface area contributed by atoms with E-state index in [2.05, 4.69) is 10.4 Å². The molecule has 1 heterocycles. The summed E-state index contributed by atoms with van der Waals surface area (Å²) in [6.45, 7) is 0.595. The van der Waals surface area contributed by atoms with Crippen molar-refractivity contribution < 1.29 is 9.90 Å². The number of carbonyl (C=O) groups is 1. The summed E-state index contributed by atoms with van der Waals surface area (Å²) in [4.78, 5) is 11.3. The van der Waals surface area contributed by atoms with E-state index in [0.717, 1.165) is 30.5 Å². The van der Waals surface area contributed by atoms with E-state index in [1.165, 1.54) is 0 Å². The standard InChI is InChI=1S/C11H18N4O2/c12-6-11(17)14-9-2-1-3-10-8(9)7-13-15(10)4-5-16/h7,9,16H,1-6,12H2,(H,14,17). The molecule has 6 heteroatoms. The molecule has 1 aromatic rings. The normalized spacial score (nSPS) is 18.8. The number of amides is 1. The number of hydrogen-bond donors (Lipinski definition) is 3. The number of aromatic nitrogens is 2. The fourth-order valence-electron chi connectivity index (χ4n) is 2.31. The molecule has 4 N–H and O–H groups in total. The van der Waals surface area contributed by atoms with Crippen LogP contribution in [0.15, 0.2) is 6.20 Å². The maximum Gasteiger partial charge on any atom is 0.234 e. The number of nitrogens with one attached hydrogen (secondary N) is 1. The van der Waals surface area contributed by atoms with Crippen LogP contribution in [0, 0.1) is 0 Å². The summed E-state index contributed by atoms with van der Waals surface area (Å²) in [7, 11) is 0. The van der Waals surface area contributed by atoms with Crippen molar-refractivity contribution in [3.63, 3.8) is 0 Å². The van der Waals surface area contributed by atoms with Gasteiger partial charge in [0.25, 0.3) is 0 Å². The second-order valence-corrected chi connectivity index (χ2v) is 4.21. The van der Waals surface area contributed by atoms with Gasteiger partial charge in [0.15, 0.2) is 0 Å². The average Bonchev–Trinajstić information content (AvgIpc) is 2.74. The Kier molecular flexibility index (Phi) is 3.75. The van der Waals surface area contributed by atoms with E-state index < -0.39 is 0 Å². The zero-order valence-corrected chi connectivity index (χ0v) is 9.72. The lowest BCUT2D eigenvalue weighted by molar-refractivity contribution is -0.120. The highest BCUT2D eigenvalue weighted by Gasteiger charge is 2.24. The van der Waals surface area contributed by atoms with Crippen molar-refractivity contribution in [1.82, 2.24) is 15.1 Å². The summed E-state index contributed by atoms with van der Waals surface area (Å²) in [6, 6.07) is 0.0160. The van der Waals surface area contributed by atoms with Crippen LogP contribution in [0.2, 0.25) is 0 Å². The first-order valence-corrected chi connectivity index (χ1v) is 5.91. The fourth-order valence-corrected chi connectivity index (χ4v) is 2.31. The van der Waals surface area contributed by atoms with E-state index in [9.17, 15) is 4.79 Å². The van der Waals surface area contributed by atoms with Crippen LogP contribution in [0.25, 0.3) is 0 Å². The molecule has 0 aliphatic heterocycles. The second kappa shape index (κ2) is 5.29. The third-order valence-electron chi connectivity index (χ3n) is 3.10. The number of aliphatic hydroxyl groups excluding tert-OH is 1. The summed E-state index contributed by atoms with van der Waals surface area (Å²) in [5.74, 6) is -0.141. The molecular formula is C11H18N4O2. The van der Waals surface area contributed by atoms with E-state index in [0.29, 0.717) is 6.54 Å². The Morgan fingerprint density at radius 3 is 3.24 bits per heavy atom. The van der Waals surface area contributed by atoms with Gasteiger partial charge in [0, 0.05) is 11.3 Å². The number of carbonyl (C=O) groups excluding carboxylic acids is 1. The Balaban J connectivity index is 2.17. The highest BCUT2D eigenvalue weighted by Crippen LogP contribution is 2.29. The van der Waals surface area contributed by atoms with Crippen molar-refractivity contribution in [1.29, 1.82) is 0 Å². The van der Waals surface area contributed by atoms with Gasteiger partial charge >= 0.3 is 0 Å². The molecule has 0 bridgehead atoms. The van der Waals surface area contributed by atoms with Gasteiger partial charge in [-0.05, 0) is 19.3 Å². The van der Waals surface area contributed by atoms with E-state index in [4.69, 9.17) is 10.8 Å². The Morgan fingerprint density at radius 1 is 1.71 bits per heavy atom. The van der Waals surface area contributed by atoms with Crippen LogP contribution in [-0.4, -0.2) is 33.9 Å². The van der Waals surface area contributed by atoms with Gasteiger partial charge in [-0.1, -0.05) is 0 Å². The molecule has 0 saturated carbocycles. The van der Waals surface area contributed by atoms with E-state index in [-0.39, 0.29) is 25.1 Å². The van der Waals surface area contributed by atoms with Crippen LogP contribution >= 0.6 is 0 Å². The minimum absolute atomic E-state index is 0.0105. The molecule has 1 unspecified atom stereocenters. The molecule has 0 fully saturated rings. The maximum atomic E-state index is 11.3. The van der Waals surface area contributed by atoms with Crippen LogP contribution < -0.4 is 11.1 Å². The lowest BCUT2D eigenvalue weighted by atomic mass is 9.93. The Labute approximate surface area is 99.8 Å². The molecule has 1 aliphatic rings. The lowest BCUT2D eigenvalue weighted by Gasteiger charge is -2.24. The number of aliphatic hydroxyl groups is 1. The molecule has 17 heavy (non-hydrogen) atoms. The zero-order chi connectivity index (χ0) is 12.3. The van der Waals surface area contributed by atoms with Gasteiger partial charge in [0.2, 0.25) is 5.91 Å². The molecule has 1 amide bonds. The quantitative estimate of drug-likeness (QED) is 0.648. The van der Waals surface area contributed by atoms with Gasteiger partial charge in [-0.25, -0.2) is 0 Å². The molecule has 94 valence electrons. The first-order valence-electron chi connectivity index (χ1n) is 5.91. The number of hydrogen-bond acceptors (Lipinski definition) is 4. The second-order valence-electron chi connectivity index (χ2n) is 4.21. The summed E-state index contributed by atoms with van der Waals surface area (Å²) in [5.41, 5.74) is 7.48. The Morgan fingerprint density at radius 2 is 2.53 bits per heavy atom. The third-order valence-corrected chi connectivity index (χ3v) is 3.10. The van der Waals surface area contributed by atoms with E-state index in [1.807, 2.05) is 4.68 Å². The van der Waals surface area contributed by atoms with Crippen LogP contribution in [0.1, 0.15) is 30.1 Å². The first kappa shape index (κ1) is 12.1. The molecule has 2 rings (SSSR count). The van der Waals surface area contributed by atoms with Crippen molar-refractivity contribution in [3.05, 3.63) is 17.5 Å². The molecule has 0 spiro atoms. The molecule has 0 aromatic carbocycles. The topological polar surface area (TPSA) is 93.2 Å². The minimum Gasteiger partial charge on any atom is -0.394 e. The number of nitrogens with two attached hydrogens (primary N) is 1. The van der Waals surface area contributed by atoms with Gasteiger partial charge in [-0.3, -0.25) is 9.48 Å². The van der Waals surface area contributed by atoms with Crippen molar-refractivity contribution in [2.45, 2.75) is 31.8 Å². The lowest BCUT2D eigenvalue weighted by Crippen LogP contribution is -2.35.